The van der Waals surface area contributed by atoms with E-state index in [-0.39, 0.29) is 11.5 Å². The van der Waals surface area contributed by atoms with Gasteiger partial charge in [0, 0.05) is 0 Å². The lowest BCUT2D eigenvalue weighted by Crippen LogP contribution is -2.16. The first kappa shape index (κ1) is 6.44. The van der Waals surface area contributed by atoms with Gasteiger partial charge in [-0.3, -0.25) is 4.79 Å². The maximum absolute atomic E-state index is 10.6. The molecule has 0 aliphatic heterocycles. The highest BCUT2D eigenvalue weighted by atomic mass is 32.1. The number of hydrogen-bond donors (Lipinski definition) is 1. The molecule has 0 amide bonds. The van der Waals surface area contributed by atoms with E-state index in [9.17, 15) is 4.79 Å². The molecular weight excluding hydrogens is 140 g/mol. The number of rotatable bonds is 2. The molecule has 0 radical (unpaired) electrons. The van der Waals surface area contributed by atoms with Gasteiger partial charge >= 0.3 is 4.87 Å². The lowest BCUT2D eigenvalue weighted by atomic mass is 10.7. The fourth-order valence-corrected chi connectivity index (χ4v) is 0.989. The van der Waals surface area contributed by atoms with Crippen LogP contribution in [0.5, 0.6) is 0 Å². The smallest absolute Gasteiger partial charge is 0.324 e. The van der Waals surface area contributed by atoms with Crippen LogP contribution in [0, 0.1) is 0 Å². The summed E-state index contributed by atoms with van der Waals surface area (Å²) in [4.78, 5) is 10.5. The van der Waals surface area contributed by atoms with Crippen LogP contribution in [0.4, 0.5) is 0 Å². The normalized spacial score (nSPS) is 9.89. The molecule has 0 aliphatic carbocycles. The molecule has 1 aromatic heterocycles. The van der Waals surface area contributed by atoms with Crippen molar-refractivity contribution in [3.63, 3.8) is 0 Å². The Morgan fingerprint density at radius 2 is 2.67 bits per heavy atom. The van der Waals surface area contributed by atoms with Gasteiger partial charge in [0.15, 0.2) is 0 Å². The van der Waals surface area contributed by atoms with E-state index in [2.05, 4.69) is 5.10 Å². The second kappa shape index (κ2) is 2.75. The average molecular weight is 146 g/mol. The molecule has 50 valence electrons. The molecule has 0 aliphatic rings. The van der Waals surface area contributed by atoms with Crippen LogP contribution in [-0.2, 0) is 6.54 Å². The second-order valence-corrected chi connectivity index (χ2v) is 2.25. The first-order valence-electron chi connectivity index (χ1n) is 2.46. The molecule has 4 nitrogen and oxygen atoms in total. The molecule has 0 spiro atoms. The summed E-state index contributed by atoms with van der Waals surface area (Å²) in [7, 11) is 0. The third-order valence-corrected chi connectivity index (χ3v) is 1.47. The minimum absolute atomic E-state index is 0.0381. The van der Waals surface area contributed by atoms with E-state index < -0.39 is 0 Å². The maximum atomic E-state index is 10.6. The van der Waals surface area contributed by atoms with Crippen LogP contribution >= 0.6 is 11.3 Å². The predicted octanol–water partition coefficient (Wildman–Crippen LogP) is -0.703. The van der Waals surface area contributed by atoms with Crippen molar-refractivity contribution in [3.05, 3.63) is 15.2 Å². The van der Waals surface area contributed by atoms with Crippen LogP contribution in [-0.4, -0.2) is 21.5 Å². The molecular formula is C4H6N2O2S. The summed E-state index contributed by atoms with van der Waals surface area (Å²) in [6.45, 7) is 0.256. The summed E-state index contributed by atoms with van der Waals surface area (Å²) >= 11 is 1.03. The molecule has 1 rings (SSSR count). The molecule has 1 heterocycles. The Kier molecular flexibility index (Phi) is 1.96. The summed E-state index contributed by atoms with van der Waals surface area (Å²) < 4.78 is 1.23. The molecule has 1 aromatic rings. The van der Waals surface area contributed by atoms with Crippen molar-refractivity contribution in [2.75, 3.05) is 6.61 Å². The number of hydrogen-bond acceptors (Lipinski definition) is 4. The SMILES string of the molecule is O=c1scnn1CCO. The summed E-state index contributed by atoms with van der Waals surface area (Å²) in [5, 5.41) is 12.0. The maximum Gasteiger partial charge on any atom is 0.324 e. The standard InChI is InChI=1S/C4H6N2O2S/c7-2-1-6-4(8)9-3-5-6/h3,7H,1-2H2. The third-order valence-electron chi connectivity index (χ3n) is 0.863. The van der Waals surface area contributed by atoms with E-state index in [1.54, 1.807) is 0 Å². The Bertz CT molecular complexity index is 228. The Hall–Kier alpha value is -0.680. The van der Waals surface area contributed by atoms with Crippen LogP contribution in [0.15, 0.2) is 10.3 Å². The minimum atomic E-state index is -0.121. The highest BCUT2D eigenvalue weighted by molar-refractivity contribution is 7.06. The van der Waals surface area contributed by atoms with Gasteiger partial charge in [-0.25, -0.2) is 4.68 Å². The largest absolute Gasteiger partial charge is 0.394 e. The topological polar surface area (TPSA) is 55.1 Å². The van der Waals surface area contributed by atoms with Gasteiger partial charge in [-0.1, -0.05) is 11.3 Å². The number of nitrogens with zero attached hydrogens (tertiary/aromatic N) is 2. The van der Waals surface area contributed by atoms with Gasteiger partial charge in [0.25, 0.3) is 0 Å². The van der Waals surface area contributed by atoms with Crippen LogP contribution in [0.2, 0.25) is 0 Å². The van der Waals surface area contributed by atoms with Crippen molar-refractivity contribution in [1.29, 1.82) is 0 Å². The van der Waals surface area contributed by atoms with E-state index in [4.69, 9.17) is 5.11 Å². The first-order chi connectivity index (χ1) is 4.34. The van der Waals surface area contributed by atoms with Gasteiger partial charge in [0.05, 0.1) is 13.2 Å². The van der Waals surface area contributed by atoms with Gasteiger partial charge in [0.2, 0.25) is 0 Å². The Labute approximate surface area is 55.4 Å². The predicted molar refractivity (Wildman–Crippen MR) is 33.5 cm³/mol. The molecule has 0 atom stereocenters. The van der Waals surface area contributed by atoms with Crippen LogP contribution in [0.1, 0.15) is 0 Å². The van der Waals surface area contributed by atoms with Crippen molar-refractivity contribution in [1.82, 2.24) is 9.78 Å². The van der Waals surface area contributed by atoms with Crippen molar-refractivity contribution < 1.29 is 5.11 Å². The zero-order valence-corrected chi connectivity index (χ0v) is 5.47. The van der Waals surface area contributed by atoms with E-state index in [0.29, 0.717) is 6.54 Å². The fourth-order valence-electron chi connectivity index (χ4n) is 0.477. The molecule has 1 N–H and O–H groups in total. The molecule has 9 heavy (non-hydrogen) atoms. The van der Waals surface area contributed by atoms with Gasteiger partial charge < -0.3 is 5.11 Å². The van der Waals surface area contributed by atoms with Gasteiger partial charge in [0.1, 0.15) is 5.51 Å². The summed E-state index contributed by atoms with van der Waals surface area (Å²) in [5.41, 5.74) is 1.46. The van der Waals surface area contributed by atoms with Crippen molar-refractivity contribution in [2.45, 2.75) is 6.54 Å². The molecule has 0 aromatic carbocycles. The molecule has 0 unspecified atom stereocenters. The van der Waals surface area contributed by atoms with Crippen molar-refractivity contribution in [3.8, 4) is 0 Å². The monoisotopic (exact) mass is 146 g/mol. The highest BCUT2D eigenvalue weighted by Gasteiger charge is 1.93. The van der Waals surface area contributed by atoms with E-state index in [0.717, 1.165) is 11.3 Å². The Morgan fingerprint density at radius 1 is 1.89 bits per heavy atom. The van der Waals surface area contributed by atoms with Gasteiger partial charge in [-0.05, 0) is 0 Å². The Balaban J connectivity index is 2.81. The number of aliphatic hydroxyl groups is 1. The summed E-state index contributed by atoms with van der Waals surface area (Å²) in [5.74, 6) is 0. The quantitative estimate of drug-likeness (QED) is 0.600. The second-order valence-electron chi connectivity index (χ2n) is 1.45. The average Bonchev–Trinajstić information content (AvgIpc) is 2.18. The molecule has 0 saturated heterocycles. The summed E-state index contributed by atoms with van der Waals surface area (Å²) in [6.07, 6.45) is 0. The van der Waals surface area contributed by atoms with E-state index in [1.165, 1.54) is 10.2 Å². The first-order valence-corrected chi connectivity index (χ1v) is 3.34. The van der Waals surface area contributed by atoms with Crippen molar-refractivity contribution in [2.24, 2.45) is 0 Å². The van der Waals surface area contributed by atoms with Crippen LogP contribution < -0.4 is 4.87 Å². The van der Waals surface area contributed by atoms with Crippen LogP contribution in [0.3, 0.4) is 0 Å². The summed E-state index contributed by atoms with van der Waals surface area (Å²) in [6, 6.07) is 0. The molecule has 5 heteroatoms. The number of aromatic nitrogens is 2. The van der Waals surface area contributed by atoms with E-state index >= 15 is 0 Å². The van der Waals surface area contributed by atoms with Crippen molar-refractivity contribution >= 4 is 11.3 Å². The minimum Gasteiger partial charge on any atom is -0.394 e. The fraction of sp³-hybridized carbons (Fsp3) is 0.500. The molecule has 0 saturated carbocycles. The number of aliphatic hydroxyl groups excluding tert-OH is 1. The third kappa shape index (κ3) is 1.36. The Morgan fingerprint density at radius 3 is 3.11 bits per heavy atom. The highest BCUT2D eigenvalue weighted by Crippen LogP contribution is 1.80. The molecule has 0 fully saturated rings. The van der Waals surface area contributed by atoms with Gasteiger partial charge in [-0.2, -0.15) is 5.10 Å². The zero-order valence-electron chi connectivity index (χ0n) is 4.65. The lowest BCUT2D eigenvalue weighted by Gasteiger charge is -1.90. The van der Waals surface area contributed by atoms with Crippen LogP contribution in [0.25, 0.3) is 0 Å². The zero-order chi connectivity index (χ0) is 6.69. The lowest BCUT2D eigenvalue weighted by molar-refractivity contribution is 0.268. The molecule has 0 bridgehead atoms. The van der Waals surface area contributed by atoms with E-state index in [1.807, 2.05) is 0 Å². The van der Waals surface area contributed by atoms with Gasteiger partial charge in [-0.15, -0.1) is 0 Å².